The lowest BCUT2D eigenvalue weighted by Crippen LogP contribution is -2.53. The van der Waals surface area contributed by atoms with Crippen LogP contribution in [-0.4, -0.2) is 65.9 Å². The Hall–Kier alpha value is -3.87. The molecule has 10 nitrogen and oxygen atoms in total. The second-order valence-corrected chi connectivity index (χ2v) is 11.2. The number of benzene rings is 1. The molecule has 4 heterocycles. The SMILES string of the molecule is Cn1cc(Nc2cnn3cccnc23)c(-c2cc(SC3CN(C(=O)OC(C)(C)C)C3)ccc2OC(F)F)n1. The predicted molar refractivity (Wildman–Crippen MR) is 139 cm³/mol. The second kappa shape index (κ2) is 10.1. The fourth-order valence-electron chi connectivity index (χ4n) is 3.99. The van der Waals surface area contributed by atoms with Gasteiger partial charge in [0.05, 0.1) is 11.9 Å². The van der Waals surface area contributed by atoms with Crippen LogP contribution in [0.1, 0.15) is 20.8 Å². The van der Waals surface area contributed by atoms with Crippen molar-refractivity contribution in [1.29, 1.82) is 0 Å². The number of anilines is 2. The van der Waals surface area contributed by atoms with Gasteiger partial charge in [0.1, 0.15) is 22.7 Å². The maximum Gasteiger partial charge on any atom is 0.410 e. The maximum atomic E-state index is 13.3. The summed E-state index contributed by atoms with van der Waals surface area (Å²) in [6, 6.07) is 6.79. The summed E-state index contributed by atoms with van der Waals surface area (Å²) in [7, 11) is 1.74. The number of nitrogens with zero attached hydrogens (tertiary/aromatic N) is 6. The van der Waals surface area contributed by atoms with Gasteiger partial charge in [-0.3, -0.25) is 4.68 Å². The largest absolute Gasteiger partial charge is 0.444 e. The zero-order valence-electron chi connectivity index (χ0n) is 21.3. The Balaban J connectivity index is 1.39. The van der Waals surface area contributed by atoms with Crippen molar-refractivity contribution in [3.63, 3.8) is 0 Å². The van der Waals surface area contributed by atoms with Gasteiger partial charge < -0.3 is 19.7 Å². The molecule has 1 N–H and O–H groups in total. The minimum Gasteiger partial charge on any atom is -0.444 e. The van der Waals surface area contributed by atoms with Gasteiger partial charge in [0.15, 0.2) is 5.65 Å². The average Bonchev–Trinajstić information content (AvgIpc) is 3.38. The molecule has 1 aliphatic heterocycles. The van der Waals surface area contributed by atoms with E-state index in [0.29, 0.717) is 41.4 Å². The maximum absolute atomic E-state index is 13.3. The van der Waals surface area contributed by atoms with Gasteiger partial charge in [-0.05, 0) is 45.0 Å². The van der Waals surface area contributed by atoms with Gasteiger partial charge in [-0.2, -0.15) is 19.0 Å². The zero-order chi connectivity index (χ0) is 27.0. The molecule has 13 heteroatoms. The molecule has 0 atom stereocenters. The van der Waals surface area contributed by atoms with Gasteiger partial charge in [0.25, 0.3) is 0 Å². The summed E-state index contributed by atoms with van der Waals surface area (Å²) < 4.78 is 40.0. The number of carbonyl (C=O) groups is 1. The van der Waals surface area contributed by atoms with E-state index in [9.17, 15) is 13.6 Å². The van der Waals surface area contributed by atoms with Crippen LogP contribution < -0.4 is 10.1 Å². The fraction of sp³-hybridized carbons (Fsp3) is 0.360. The molecule has 0 bridgehead atoms. The Labute approximate surface area is 221 Å². The van der Waals surface area contributed by atoms with Crippen molar-refractivity contribution in [1.82, 2.24) is 29.3 Å². The number of rotatable bonds is 7. The number of aryl methyl sites for hydroxylation is 1. The van der Waals surface area contributed by atoms with Crippen LogP contribution in [0.3, 0.4) is 0 Å². The third-order valence-electron chi connectivity index (χ3n) is 5.60. The molecule has 1 aliphatic rings. The van der Waals surface area contributed by atoms with E-state index in [1.165, 1.54) is 6.07 Å². The molecule has 1 aromatic carbocycles. The van der Waals surface area contributed by atoms with Crippen LogP contribution in [0.25, 0.3) is 16.9 Å². The molecule has 3 aromatic heterocycles. The van der Waals surface area contributed by atoms with Crippen LogP contribution in [0.15, 0.2) is 53.9 Å². The highest BCUT2D eigenvalue weighted by atomic mass is 32.2. The molecule has 38 heavy (non-hydrogen) atoms. The molecule has 0 saturated carbocycles. The molecule has 1 amide bonds. The summed E-state index contributed by atoms with van der Waals surface area (Å²) in [5.74, 6) is 0.00748. The highest BCUT2D eigenvalue weighted by Gasteiger charge is 2.34. The molecule has 4 aromatic rings. The lowest BCUT2D eigenvalue weighted by molar-refractivity contribution is -0.0495. The summed E-state index contributed by atoms with van der Waals surface area (Å²) in [4.78, 5) is 19.1. The average molecular weight is 544 g/mol. The summed E-state index contributed by atoms with van der Waals surface area (Å²) in [6.45, 7) is 3.55. The number of fused-ring (bicyclic) bond motifs is 1. The quantitative estimate of drug-likeness (QED) is 0.340. The van der Waals surface area contributed by atoms with Crippen molar-refractivity contribution in [3.8, 4) is 17.0 Å². The molecule has 0 unspecified atom stereocenters. The van der Waals surface area contributed by atoms with Crippen LogP contribution in [0, 0.1) is 0 Å². The van der Waals surface area contributed by atoms with E-state index in [4.69, 9.17) is 9.47 Å². The lowest BCUT2D eigenvalue weighted by Gasteiger charge is -2.39. The number of nitrogens with one attached hydrogen (secondary N) is 1. The number of hydrogen-bond acceptors (Lipinski definition) is 8. The number of carbonyl (C=O) groups excluding carboxylic acids is 1. The highest BCUT2D eigenvalue weighted by molar-refractivity contribution is 8.00. The molecule has 1 fully saturated rings. The molecule has 1 saturated heterocycles. The van der Waals surface area contributed by atoms with E-state index < -0.39 is 12.2 Å². The summed E-state index contributed by atoms with van der Waals surface area (Å²) in [6.07, 6.45) is 6.47. The topological polar surface area (TPSA) is 98.8 Å². The number of hydrogen-bond donors (Lipinski definition) is 1. The van der Waals surface area contributed by atoms with E-state index in [1.54, 1.807) is 75.9 Å². The molecule has 5 rings (SSSR count). The fourth-order valence-corrected chi connectivity index (χ4v) is 5.21. The Bertz CT molecular complexity index is 1460. The lowest BCUT2D eigenvalue weighted by atomic mass is 10.1. The Kier molecular flexibility index (Phi) is 6.86. The van der Waals surface area contributed by atoms with Gasteiger partial charge >= 0.3 is 12.7 Å². The van der Waals surface area contributed by atoms with Crippen molar-refractivity contribution < 1.29 is 23.0 Å². The summed E-state index contributed by atoms with van der Waals surface area (Å²) in [5, 5.41) is 12.2. The van der Waals surface area contributed by atoms with Crippen molar-refractivity contribution in [2.75, 3.05) is 18.4 Å². The standard InChI is InChI=1S/C25H27F2N7O3S/c1-25(2,3)37-24(35)33-12-16(13-33)38-15-6-7-20(36-23(26)27)17(10-15)21-19(14-32(4)31-21)30-18-11-29-34-9-5-8-28-22(18)34/h5-11,14,16,23,30H,12-13H2,1-4H3. The minimum atomic E-state index is -3.00. The number of thioether (sulfide) groups is 1. The van der Waals surface area contributed by atoms with Crippen molar-refractivity contribution in [2.24, 2.45) is 7.05 Å². The zero-order valence-corrected chi connectivity index (χ0v) is 22.1. The molecule has 0 spiro atoms. The number of likely N-dealkylation sites (tertiary alicyclic amines) is 1. The molecular weight excluding hydrogens is 516 g/mol. The first-order valence-electron chi connectivity index (χ1n) is 11.9. The van der Waals surface area contributed by atoms with Gasteiger partial charge in [-0.1, -0.05) is 0 Å². The van der Waals surface area contributed by atoms with Gasteiger partial charge in [0.2, 0.25) is 0 Å². The first-order valence-corrected chi connectivity index (χ1v) is 12.8. The van der Waals surface area contributed by atoms with Crippen LogP contribution in [0.4, 0.5) is 25.0 Å². The first kappa shape index (κ1) is 25.8. The monoisotopic (exact) mass is 543 g/mol. The Morgan fingerprint density at radius 1 is 1.24 bits per heavy atom. The van der Waals surface area contributed by atoms with E-state index in [2.05, 4.69) is 20.5 Å². The van der Waals surface area contributed by atoms with Gasteiger partial charge in [-0.25, -0.2) is 14.3 Å². The van der Waals surface area contributed by atoms with Crippen LogP contribution in [0.5, 0.6) is 5.75 Å². The number of ether oxygens (including phenoxy) is 2. The smallest absolute Gasteiger partial charge is 0.410 e. The number of halogens is 2. The third-order valence-corrected chi connectivity index (χ3v) is 6.76. The van der Waals surface area contributed by atoms with Crippen LogP contribution in [-0.2, 0) is 11.8 Å². The van der Waals surface area contributed by atoms with E-state index in [1.807, 2.05) is 20.8 Å². The van der Waals surface area contributed by atoms with Crippen molar-refractivity contribution in [2.45, 2.75) is 43.1 Å². The first-order chi connectivity index (χ1) is 18.1. The van der Waals surface area contributed by atoms with E-state index >= 15 is 0 Å². The van der Waals surface area contributed by atoms with Crippen molar-refractivity contribution >= 4 is 34.9 Å². The molecule has 200 valence electrons. The highest BCUT2D eigenvalue weighted by Crippen LogP contribution is 2.40. The Morgan fingerprint density at radius 3 is 2.76 bits per heavy atom. The molecular formula is C25H27F2N7O3S. The molecule has 0 radical (unpaired) electrons. The number of amides is 1. The van der Waals surface area contributed by atoms with Crippen molar-refractivity contribution in [3.05, 3.63) is 49.1 Å². The van der Waals surface area contributed by atoms with Crippen LogP contribution >= 0.6 is 11.8 Å². The third kappa shape index (κ3) is 5.67. The number of alkyl halides is 2. The normalized spacial score (nSPS) is 14.1. The Morgan fingerprint density at radius 2 is 2.03 bits per heavy atom. The summed E-state index contributed by atoms with van der Waals surface area (Å²) >= 11 is 1.55. The van der Waals surface area contributed by atoms with E-state index in [-0.39, 0.29) is 17.1 Å². The van der Waals surface area contributed by atoms with E-state index in [0.717, 1.165) is 4.90 Å². The second-order valence-electron chi connectivity index (χ2n) is 9.80. The minimum absolute atomic E-state index is 0.00748. The number of aromatic nitrogens is 5. The molecule has 0 aliphatic carbocycles. The predicted octanol–water partition coefficient (Wildman–Crippen LogP) is 5.19. The van der Waals surface area contributed by atoms with Gasteiger partial charge in [0, 0.05) is 54.4 Å². The van der Waals surface area contributed by atoms with Gasteiger partial charge in [-0.15, -0.1) is 11.8 Å². The van der Waals surface area contributed by atoms with Crippen LogP contribution in [0.2, 0.25) is 0 Å². The summed E-state index contributed by atoms with van der Waals surface area (Å²) in [5.41, 5.74) is 2.11.